The van der Waals surface area contributed by atoms with Crippen LogP contribution < -0.4 is 0 Å². The predicted molar refractivity (Wildman–Crippen MR) is 53.1 cm³/mol. The molecule has 68 valence electrons. The molecule has 0 rings (SSSR count). The van der Waals surface area contributed by atoms with Crippen LogP contribution in [0.2, 0.25) is 0 Å². The van der Waals surface area contributed by atoms with Gasteiger partial charge < -0.3 is 0 Å². The minimum Gasteiger partial charge on any atom is -0.265 e. The lowest BCUT2D eigenvalue weighted by Crippen LogP contribution is -1.92. The average Bonchev–Trinajstić information content (AvgIpc) is 2.10. The zero-order valence-corrected chi connectivity index (χ0v) is 7.09. The molecule has 0 unspecified atom stereocenters. The van der Waals surface area contributed by atoms with Gasteiger partial charge in [0.25, 0.3) is 5.70 Å². The fourth-order valence-electron chi connectivity index (χ4n) is 0.425. The minimum absolute atomic E-state index is 0.167. The Hall–Kier alpha value is -1.97. The van der Waals surface area contributed by atoms with E-state index in [1.54, 1.807) is 12.2 Å². The largest absolute Gasteiger partial charge is 0.265 e. The zero-order chi connectivity index (χ0) is 10.1. The van der Waals surface area contributed by atoms with Gasteiger partial charge in [-0.15, -0.1) is 0 Å². The molecule has 0 saturated carbocycles. The van der Waals surface area contributed by atoms with Crippen LogP contribution in [0, 0.1) is 10.1 Å². The normalized spacial score (nSPS) is 11.4. The van der Waals surface area contributed by atoms with Crippen LogP contribution in [0.25, 0.3) is 0 Å². The molecule has 0 aliphatic heterocycles. The number of aliphatic imine (C=N–C) groups is 1. The van der Waals surface area contributed by atoms with E-state index in [-0.39, 0.29) is 5.70 Å². The highest BCUT2D eigenvalue weighted by Crippen LogP contribution is 1.91. The molecule has 0 bridgehead atoms. The van der Waals surface area contributed by atoms with Crippen LogP contribution in [0.1, 0.15) is 0 Å². The molecule has 0 heterocycles. The van der Waals surface area contributed by atoms with E-state index >= 15 is 0 Å². The first kappa shape index (κ1) is 11.0. The van der Waals surface area contributed by atoms with E-state index in [0.29, 0.717) is 0 Å². The van der Waals surface area contributed by atoms with E-state index in [0.717, 1.165) is 0 Å². The third-order valence-electron chi connectivity index (χ3n) is 1.00. The number of allylic oxidation sites excluding steroid dienone is 4. The highest BCUT2D eigenvalue weighted by molar-refractivity contribution is 5.72. The summed E-state index contributed by atoms with van der Waals surface area (Å²) in [5.41, 5.74) is -0.167. The first-order valence-electron chi connectivity index (χ1n) is 3.49. The van der Waals surface area contributed by atoms with Crippen LogP contribution in [0.15, 0.2) is 54.4 Å². The van der Waals surface area contributed by atoms with E-state index in [9.17, 15) is 10.1 Å². The average molecular weight is 178 g/mol. The molecule has 0 aliphatic rings. The third-order valence-corrected chi connectivity index (χ3v) is 1.00. The Morgan fingerprint density at radius 1 is 1.46 bits per heavy atom. The van der Waals surface area contributed by atoms with Crippen molar-refractivity contribution in [2.45, 2.75) is 0 Å². The van der Waals surface area contributed by atoms with Gasteiger partial charge in [-0.2, -0.15) is 0 Å². The Morgan fingerprint density at radius 2 is 2.15 bits per heavy atom. The second kappa shape index (κ2) is 6.72. The number of nitrogens with zero attached hydrogens (tertiary/aromatic N) is 2. The number of hydrogen-bond donors (Lipinski definition) is 0. The Morgan fingerprint density at radius 3 is 2.69 bits per heavy atom. The fraction of sp³-hybridized carbons (Fsp3) is 0. The summed E-state index contributed by atoms with van der Waals surface area (Å²) < 4.78 is 0. The molecular formula is C9H10N2O2. The van der Waals surface area contributed by atoms with Gasteiger partial charge in [0, 0.05) is 18.5 Å². The summed E-state index contributed by atoms with van der Waals surface area (Å²) in [5, 5.41) is 10.0. The summed E-state index contributed by atoms with van der Waals surface area (Å²) in [4.78, 5) is 13.2. The highest BCUT2D eigenvalue weighted by Gasteiger charge is 1.97. The quantitative estimate of drug-likeness (QED) is 0.280. The zero-order valence-electron chi connectivity index (χ0n) is 7.09. The molecule has 0 aliphatic carbocycles. The Balaban J connectivity index is 3.94. The van der Waals surface area contributed by atoms with Crippen LogP contribution in [-0.4, -0.2) is 11.1 Å². The molecule has 4 nitrogen and oxygen atoms in total. The summed E-state index contributed by atoms with van der Waals surface area (Å²) in [6.07, 6.45) is 8.88. The standard InChI is InChI=1S/C9H10N2O2/c1-3-4-7-10-8-5-6-9(2)11(12)13/h3-8H,1-2H2/b6-5+,7-4+,10-8+. The lowest BCUT2D eigenvalue weighted by atomic mass is 10.4. The maximum atomic E-state index is 10.0. The fourth-order valence-corrected chi connectivity index (χ4v) is 0.425. The van der Waals surface area contributed by atoms with E-state index in [1.807, 2.05) is 0 Å². The third kappa shape index (κ3) is 6.43. The SMILES string of the molecule is C=C/C=C/N=C/C=C/C(=C)[N+](=O)[O-]. The smallest absolute Gasteiger partial charge is 0.262 e. The van der Waals surface area contributed by atoms with Gasteiger partial charge in [-0.25, -0.2) is 0 Å². The molecule has 4 heteroatoms. The molecule has 0 N–H and O–H groups in total. The second-order valence-electron chi connectivity index (χ2n) is 1.98. The van der Waals surface area contributed by atoms with Crippen molar-refractivity contribution in [1.29, 1.82) is 0 Å². The topological polar surface area (TPSA) is 55.5 Å². The summed E-state index contributed by atoms with van der Waals surface area (Å²) in [6.45, 7) is 6.65. The molecule has 0 radical (unpaired) electrons. The molecule has 0 aromatic rings. The molecule has 0 saturated heterocycles. The van der Waals surface area contributed by atoms with E-state index in [1.165, 1.54) is 24.6 Å². The summed E-state index contributed by atoms with van der Waals surface area (Å²) in [7, 11) is 0. The number of rotatable bonds is 5. The van der Waals surface area contributed by atoms with Gasteiger partial charge in [-0.05, 0) is 18.7 Å². The predicted octanol–water partition coefficient (Wildman–Crippen LogP) is 2.10. The van der Waals surface area contributed by atoms with Crippen molar-refractivity contribution in [3.8, 4) is 0 Å². The van der Waals surface area contributed by atoms with Crippen molar-refractivity contribution in [1.82, 2.24) is 0 Å². The van der Waals surface area contributed by atoms with Crippen molar-refractivity contribution in [3.63, 3.8) is 0 Å². The molecule has 13 heavy (non-hydrogen) atoms. The maximum Gasteiger partial charge on any atom is 0.262 e. The van der Waals surface area contributed by atoms with E-state index in [4.69, 9.17) is 0 Å². The monoisotopic (exact) mass is 178 g/mol. The van der Waals surface area contributed by atoms with Crippen LogP contribution in [0.5, 0.6) is 0 Å². The van der Waals surface area contributed by atoms with Gasteiger partial charge in [0.2, 0.25) is 0 Å². The number of hydrogen-bond acceptors (Lipinski definition) is 3. The van der Waals surface area contributed by atoms with Crippen LogP contribution >= 0.6 is 0 Å². The maximum absolute atomic E-state index is 10.0. The highest BCUT2D eigenvalue weighted by atomic mass is 16.6. The molecule has 0 spiro atoms. The van der Waals surface area contributed by atoms with Gasteiger partial charge in [-0.1, -0.05) is 12.7 Å². The van der Waals surface area contributed by atoms with Gasteiger partial charge in [0.05, 0.1) is 4.92 Å². The molecule has 0 aromatic heterocycles. The van der Waals surface area contributed by atoms with Crippen molar-refractivity contribution < 1.29 is 4.92 Å². The van der Waals surface area contributed by atoms with Gasteiger partial charge in [0.15, 0.2) is 0 Å². The molecular weight excluding hydrogens is 168 g/mol. The lowest BCUT2D eigenvalue weighted by molar-refractivity contribution is -0.418. The minimum atomic E-state index is -0.566. The summed E-state index contributed by atoms with van der Waals surface area (Å²) in [5.74, 6) is 0. The number of nitro groups is 1. The lowest BCUT2D eigenvalue weighted by Gasteiger charge is -1.83. The van der Waals surface area contributed by atoms with E-state index < -0.39 is 4.92 Å². The van der Waals surface area contributed by atoms with Gasteiger partial charge in [-0.3, -0.25) is 15.1 Å². The summed E-state index contributed by atoms with van der Waals surface area (Å²) >= 11 is 0. The molecule has 0 fully saturated rings. The van der Waals surface area contributed by atoms with E-state index in [2.05, 4.69) is 18.2 Å². The van der Waals surface area contributed by atoms with Gasteiger partial charge >= 0.3 is 0 Å². The van der Waals surface area contributed by atoms with Crippen molar-refractivity contribution in [3.05, 3.63) is 59.5 Å². The first-order chi connectivity index (χ1) is 6.18. The first-order valence-corrected chi connectivity index (χ1v) is 3.49. The van der Waals surface area contributed by atoms with Crippen LogP contribution in [0.3, 0.4) is 0 Å². The molecule has 0 amide bonds. The van der Waals surface area contributed by atoms with Crippen molar-refractivity contribution >= 4 is 6.21 Å². The van der Waals surface area contributed by atoms with Crippen LogP contribution in [-0.2, 0) is 0 Å². The van der Waals surface area contributed by atoms with Crippen molar-refractivity contribution in [2.75, 3.05) is 0 Å². The molecule has 0 aromatic carbocycles. The van der Waals surface area contributed by atoms with Gasteiger partial charge in [0.1, 0.15) is 0 Å². The Kier molecular flexibility index (Phi) is 5.70. The Labute approximate surface area is 76.4 Å². The van der Waals surface area contributed by atoms with Crippen LogP contribution in [0.4, 0.5) is 0 Å². The summed E-state index contributed by atoms with van der Waals surface area (Å²) in [6, 6.07) is 0. The second-order valence-corrected chi connectivity index (χ2v) is 1.98. The van der Waals surface area contributed by atoms with Crippen molar-refractivity contribution in [2.24, 2.45) is 4.99 Å². The Bertz CT molecular complexity index is 288. The molecule has 0 atom stereocenters.